The molecule has 0 saturated heterocycles. The van der Waals surface area contributed by atoms with Gasteiger partial charge in [-0.25, -0.2) is 0 Å². The maximum absolute atomic E-state index is 10.5. The molecule has 0 bridgehead atoms. The van der Waals surface area contributed by atoms with Gasteiger partial charge in [-0.15, -0.1) is 15.3 Å². The maximum atomic E-state index is 10.5. The van der Waals surface area contributed by atoms with E-state index in [1.165, 1.54) is 0 Å². The van der Waals surface area contributed by atoms with E-state index in [9.17, 15) is 5.11 Å². The summed E-state index contributed by atoms with van der Waals surface area (Å²) in [5, 5.41) is 26.6. The molecule has 2 aromatic heterocycles. The first-order valence-electron chi connectivity index (χ1n) is 8.55. The second-order valence-corrected chi connectivity index (χ2v) is 6.36. The molecule has 0 amide bonds. The minimum absolute atomic E-state index is 0.301. The van der Waals surface area contributed by atoms with Crippen LogP contribution in [0.25, 0.3) is 5.65 Å². The number of methoxy groups -OCH3 is 2. The minimum atomic E-state index is -0.736. The van der Waals surface area contributed by atoms with Crippen LogP contribution in [0.15, 0.2) is 30.3 Å². The fourth-order valence-corrected chi connectivity index (χ4v) is 2.84. The fraction of sp³-hybridized carbons (Fsp3) is 0.389. The Balaban J connectivity index is 1.49. The number of anilines is 1. The lowest BCUT2D eigenvalue weighted by atomic mass is 10.1. The molecule has 1 fully saturated rings. The summed E-state index contributed by atoms with van der Waals surface area (Å²) in [4.78, 5) is 0. The van der Waals surface area contributed by atoms with Gasteiger partial charge in [0.25, 0.3) is 0 Å². The van der Waals surface area contributed by atoms with Crippen LogP contribution in [0.2, 0.25) is 0 Å². The van der Waals surface area contributed by atoms with Gasteiger partial charge in [0.15, 0.2) is 11.5 Å². The Morgan fingerprint density at radius 3 is 2.54 bits per heavy atom. The predicted octanol–water partition coefficient (Wildman–Crippen LogP) is 2.16. The molecule has 0 radical (unpaired) electrons. The second-order valence-electron chi connectivity index (χ2n) is 6.36. The zero-order valence-corrected chi connectivity index (χ0v) is 14.7. The highest BCUT2D eigenvalue weighted by Crippen LogP contribution is 2.38. The van der Waals surface area contributed by atoms with E-state index in [2.05, 4.69) is 20.6 Å². The third-order valence-electron chi connectivity index (χ3n) is 4.46. The Labute approximate surface area is 150 Å². The lowest BCUT2D eigenvalue weighted by molar-refractivity contribution is 0.190. The first kappa shape index (κ1) is 16.6. The third-order valence-corrected chi connectivity index (χ3v) is 4.46. The molecule has 1 atom stereocenters. The number of aromatic nitrogens is 4. The molecule has 1 saturated carbocycles. The van der Waals surface area contributed by atoms with E-state index in [0.717, 1.165) is 24.3 Å². The zero-order chi connectivity index (χ0) is 18.1. The van der Waals surface area contributed by atoms with Crippen molar-refractivity contribution in [2.24, 2.45) is 0 Å². The molecule has 0 spiro atoms. The summed E-state index contributed by atoms with van der Waals surface area (Å²) in [5.41, 5.74) is 1.44. The van der Waals surface area contributed by atoms with Gasteiger partial charge in [0, 0.05) is 18.5 Å². The van der Waals surface area contributed by atoms with Crippen LogP contribution in [0, 0.1) is 0 Å². The second kappa shape index (κ2) is 6.80. The summed E-state index contributed by atoms with van der Waals surface area (Å²) in [6.45, 7) is 0.301. The van der Waals surface area contributed by atoms with E-state index in [4.69, 9.17) is 9.47 Å². The molecule has 1 unspecified atom stereocenters. The van der Waals surface area contributed by atoms with Crippen LogP contribution in [0.4, 0.5) is 5.82 Å². The molecule has 1 aliphatic rings. The van der Waals surface area contributed by atoms with Gasteiger partial charge in [-0.3, -0.25) is 0 Å². The van der Waals surface area contributed by atoms with Crippen molar-refractivity contribution < 1.29 is 14.6 Å². The van der Waals surface area contributed by atoms with Crippen LogP contribution in [0.5, 0.6) is 11.5 Å². The number of fused-ring (bicyclic) bond motifs is 1. The first-order chi connectivity index (χ1) is 12.7. The number of hydrogen-bond donors (Lipinski definition) is 2. The van der Waals surface area contributed by atoms with Gasteiger partial charge in [0.05, 0.1) is 20.3 Å². The van der Waals surface area contributed by atoms with Crippen molar-refractivity contribution in [3.8, 4) is 11.5 Å². The van der Waals surface area contributed by atoms with E-state index < -0.39 is 6.10 Å². The Kier molecular flexibility index (Phi) is 4.34. The maximum Gasteiger partial charge on any atom is 0.178 e. The van der Waals surface area contributed by atoms with Crippen molar-refractivity contribution in [1.82, 2.24) is 19.8 Å². The molecule has 2 N–H and O–H groups in total. The molecular weight excluding hydrogens is 334 g/mol. The third kappa shape index (κ3) is 3.28. The summed E-state index contributed by atoms with van der Waals surface area (Å²) in [6, 6.07) is 9.05. The molecule has 8 heteroatoms. The van der Waals surface area contributed by atoms with Crippen LogP contribution in [0.1, 0.15) is 36.3 Å². The number of rotatable bonds is 7. The number of nitrogens with zero attached hydrogens (tertiary/aromatic N) is 4. The highest BCUT2D eigenvalue weighted by atomic mass is 16.5. The largest absolute Gasteiger partial charge is 0.497 e. The lowest BCUT2D eigenvalue weighted by Gasteiger charge is -2.15. The standard InChI is InChI=1S/C18H21N5O3/c1-25-13-7-12(8-14(9-13)26-2)15(24)10-19-16-5-6-17-20-21-18(11-3-4-11)23(17)22-16/h5-9,11,15,24H,3-4,10H2,1-2H3,(H,19,22). The number of aliphatic hydroxyl groups excluding tert-OH is 1. The summed E-state index contributed by atoms with van der Waals surface area (Å²) in [5.74, 6) is 3.30. The molecular formula is C18H21N5O3. The van der Waals surface area contributed by atoms with Crippen molar-refractivity contribution in [1.29, 1.82) is 0 Å². The average Bonchev–Trinajstić information content (AvgIpc) is 3.44. The van der Waals surface area contributed by atoms with Crippen molar-refractivity contribution in [3.63, 3.8) is 0 Å². The quantitative estimate of drug-likeness (QED) is 0.671. The minimum Gasteiger partial charge on any atom is -0.497 e. The lowest BCUT2D eigenvalue weighted by Crippen LogP contribution is -2.14. The van der Waals surface area contributed by atoms with E-state index in [1.54, 1.807) is 36.9 Å². The molecule has 8 nitrogen and oxygen atoms in total. The van der Waals surface area contributed by atoms with E-state index in [-0.39, 0.29) is 0 Å². The van der Waals surface area contributed by atoms with Gasteiger partial charge < -0.3 is 19.9 Å². The van der Waals surface area contributed by atoms with Crippen molar-refractivity contribution >= 4 is 11.5 Å². The normalized spacial score (nSPS) is 15.0. The smallest absolute Gasteiger partial charge is 0.178 e. The Bertz CT molecular complexity index is 900. The molecule has 1 aromatic carbocycles. The fourth-order valence-electron chi connectivity index (χ4n) is 2.84. The SMILES string of the molecule is COc1cc(OC)cc(C(O)CNc2ccc3nnc(C4CC4)n3n2)c1. The van der Waals surface area contributed by atoms with E-state index >= 15 is 0 Å². The number of nitrogens with one attached hydrogen (secondary N) is 1. The molecule has 4 rings (SSSR count). The number of benzene rings is 1. The summed E-state index contributed by atoms with van der Waals surface area (Å²) in [7, 11) is 3.16. The monoisotopic (exact) mass is 355 g/mol. The van der Waals surface area contributed by atoms with Gasteiger partial charge in [0.2, 0.25) is 0 Å². The van der Waals surface area contributed by atoms with Gasteiger partial charge in [-0.2, -0.15) is 4.52 Å². The van der Waals surface area contributed by atoms with Crippen LogP contribution in [0.3, 0.4) is 0 Å². The molecule has 1 aliphatic carbocycles. The molecule has 0 aliphatic heterocycles. The Hall–Kier alpha value is -2.87. The van der Waals surface area contributed by atoms with Gasteiger partial charge >= 0.3 is 0 Å². The van der Waals surface area contributed by atoms with Gasteiger partial charge in [-0.05, 0) is 42.7 Å². The van der Waals surface area contributed by atoms with Crippen LogP contribution < -0.4 is 14.8 Å². The van der Waals surface area contributed by atoms with Gasteiger partial charge in [0.1, 0.15) is 17.3 Å². The van der Waals surface area contributed by atoms with E-state index in [1.807, 2.05) is 12.1 Å². The van der Waals surface area contributed by atoms with Crippen LogP contribution in [-0.2, 0) is 0 Å². The van der Waals surface area contributed by atoms with Gasteiger partial charge in [-0.1, -0.05) is 0 Å². The van der Waals surface area contributed by atoms with Crippen LogP contribution in [-0.4, -0.2) is 45.7 Å². The number of aliphatic hydroxyl groups is 1. The Morgan fingerprint density at radius 1 is 1.15 bits per heavy atom. The van der Waals surface area contributed by atoms with Crippen molar-refractivity contribution in [2.45, 2.75) is 24.9 Å². The van der Waals surface area contributed by atoms with Crippen molar-refractivity contribution in [3.05, 3.63) is 41.7 Å². The molecule has 26 heavy (non-hydrogen) atoms. The summed E-state index contributed by atoms with van der Waals surface area (Å²) < 4.78 is 12.3. The van der Waals surface area contributed by atoms with Crippen molar-refractivity contribution in [2.75, 3.05) is 26.1 Å². The Morgan fingerprint density at radius 2 is 1.88 bits per heavy atom. The highest BCUT2D eigenvalue weighted by molar-refractivity contribution is 5.45. The number of ether oxygens (including phenoxy) is 2. The number of hydrogen-bond acceptors (Lipinski definition) is 7. The first-order valence-corrected chi connectivity index (χ1v) is 8.55. The summed E-state index contributed by atoms with van der Waals surface area (Å²) >= 11 is 0. The topological polar surface area (TPSA) is 93.8 Å². The predicted molar refractivity (Wildman–Crippen MR) is 95.8 cm³/mol. The summed E-state index contributed by atoms with van der Waals surface area (Å²) in [6.07, 6.45) is 1.54. The molecule has 2 heterocycles. The van der Waals surface area contributed by atoms with E-state index in [0.29, 0.717) is 35.3 Å². The molecule has 136 valence electrons. The van der Waals surface area contributed by atoms with Crippen LogP contribution >= 0.6 is 0 Å². The highest BCUT2D eigenvalue weighted by Gasteiger charge is 2.29. The molecule has 3 aromatic rings. The average molecular weight is 355 g/mol. The zero-order valence-electron chi connectivity index (χ0n) is 14.7.